The SMILES string of the molecule is Cn1c(-c2ccc(F)cc2)nc2ccc(CN)cc21. The Labute approximate surface area is 110 Å². The Morgan fingerprint density at radius 2 is 1.89 bits per heavy atom. The first-order chi connectivity index (χ1) is 9.19. The molecule has 0 saturated heterocycles. The molecular weight excluding hydrogens is 241 g/mol. The molecule has 2 aromatic carbocycles. The molecular formula is C15H14FN3. The van der Waals surface area contributed by atoms with Gasteiger partial charge in [-0.3, -0.25) is 0 Å². The highest BCUT2D eigenvalue weighted by atomic mass is 19.1. The van der Waals surface area contributed by atoms with Crippen molar-refractivity contribution in [3.05, 3.63) is 53.8 Å². The van der Waals surface area contributed by atoms with E-state index >= 15 is 0 Å². The molecule has 0 fully saturated rings. The molecule has 0 unspecified atom stereocenters. The molecule has 1 heterocycles. The predicted octanol–water partition coefficient (Wildman–Crippen LogP) is 2.84. The minimum Gasteiger partial charge on any atom is -0.327 e. The van der Waals surface area contributed by atoms with Crippen molar-refractivity contribution in [1.29, 1.82) is 0 Å². The Morgan fingerprint density at radius 3 is 2.58 bits per heavy atom. The van der Waals surface area contributed by atoms with Crippen molar-refractivity contribution >= 4 is 11.0 Å². The molecule has 0 atom stereocenters. The van der Waals surface area contributed by atoms with Crippen LogP contribution in [0, 0.1) is 5.82 Å². The Bertz CT molecular complexity index is 729. The van der Waals surface area contributed by atoms with Gasteiger partial charge in [0.25, 0.3) is 0 Å². The number of hydrogen-bond acceptors (Lipinski definition) is 2. The summed E-state index contributed by atoms with van der Waals surface area (Å²) in [7, 11) is 1.95. The van der Waals surface area contributed by atoms with Crippen LogP contribution < -0.4 is 5.73 Å². The first kappa shape index (κ1) is 11.9. The van der Waals surface area contributed by atoms with Gasteiger partial charge in [0, 0.05) is 19.2 Å². The van der Waals surface area contributed by atoms with Crippen molar-refractivity contribution < 1.29 is 4.39 Å². The highest BCUT2D eigenvalue weighted by Crippen LogP contribution is 2.24. The molecule has 2 N–H and O–H groups in total. The Morgan fingerprint density at radius 1 is 1.16 bits per heavy atom. The molecule has 0 spiro atoms. The summed E-state index contributed by atoms with van der Waals surface area (Å²) in [6, 6.07) is 12.3. The molecule has 3 rings (SSSR count). The summed E-state index contributed by atoms with van der Waals surface area (Å²) in [6.45, 7) is 0.507. The van der Waals surface area contributed by atoms with Crippen LogP contribution in [0.4, 0.5) is 4.39 Å². The predicted molar refractivity (Wildman–Crippen MR) is 74.0 cm³/mol. The lowest BCUT2D eigenvalue weighted by atomic mass is 10.2. The zero-order valence-corrected chi connectivity index (χ0v) is 10.6. The Kier molecular flexibility index (Phi) is 2.80. The van der Waals surface area contributed by atoms with Crippen molar-refractivity contribution in [2.45, 2.75) is 6.54 Å². The van der Waals surface area contributed by atoms with Gasteiger partial charge in [-0.15, -0.1) is 0 Å². The number of benzene rings is 2. The lowest BCUT2D eigenvalue weighted by molar-refractivity contribution is 0.628. The van der Waals surface area contributed by atoms with Crippen LogP contribution in [0.2, 0.25) is 0 Å². The quantitative estimate of drug-likeness (QED) is 0.765. The zero-order valence-electron chi connectivity index (χ0n) is 10.6. The van der Waals surface area contributed by atoms with E-state index in [0.29, 0.717) is 6.54 Å². The van der Waals surface area contributed by atoms with E-state index in [9.17, 15) is 4.39 Å². The second kappa shape index (κ2) is 4.48. The number of nitrogens with two attached hydrogens (primary N) is 1. The average molecular weight is 255 g/mol. The highest BCUT2D eigenvalue weighted by molar-refractivity contribution is 5.81. The van der Waals surface area contributed by atoms with Gasteiger partial charge in [0.2, 0.25) is 0 Å². The van der Waals surface area contributed by atoms with Gasteiger partial charge in [0.1, 0.15) is 11.6 Å². The van der Waals surface area contributed by atoms with Gasteiger partial charge >= 0.3 is 0 Å². The lowest BCUT2D eigenvalue weighted by Gasteiger charge is -2.03. The third-order valence-corrected chi connectivity index (χ3v) is 3.28. The van der Waals surface area contributed by atoms with Crippen molar-refractivity contribution in [3.63, 3.8) is 0 Å². The van der Waals surface area contributed by atoms with Gasteiger partial charge < -0.3 is 10.3 Å². The maximum absolute atomic E-state index is 13.0. The molecule has 1 aromatic heterocycles. The molecule has 3 aromatic rings. The second-order valence-electron chi connectivity index (χ2n) is 4.53. The summed E-state index contributed by atoms with van der Waals surface area (Å²) in [5.41, 5.74) is 9.57. The maximum Gasteiger partial charge on any atom is 0.140 e. The molecule has 96 valence electrons. The van der Waals surface area contributed by atoms with Gasteiger partial charge in [-0.1, -0.05) is 6.07 Å². The van der Waals surface area contributed by atoms with Crippen LogP contribution in [0.25, 0.3) is 22.4 Å². The molecule has 0 bridgehead atoms. The van der Waals surface area contributed by atoms with E-state index in [-0.39, 0.29) is 5.82 Å². The fraction of sp³-hybridized carbons (Fsp3) is 0.133. The van der Waals surface area contributed by atoms with Crippen molar-refractivity contribution in [3.8, 4) is 11.4 Å². The molecule has 0 aliphatic heterocycles. The fourth-order valence-corrected chi connectivity index (χ4v) is 2.22. The largest absolute Gasteiger partial charge is 0.327 e. The molecule has 3 nitrogen and oxygen atoms in total. The van der Waals surface area contributed by atoms with Gasteiger partial charge in [0.05, 0.1) is 11.0 Å². The highest BCUT2D eigenvalue weighted by Gasteiger charge is 2.10. The fourth-order valence-electron chi connectivity index (χ4n) is 2.22. The van der Waals surface area contributed by atoms with Crippen LogP contribution in [0.15, 0.2) is 42.5 Å². The number of aromatic nitrogens is 2. The monoisotopic (exact) mass is 255 g/mol. The summed E-state index contributed by atoms with van der Waals surface area (Å²) >= 11 is 0. The summed E-state index contributed by atoms with van der Waals surface area (Å²) < 4.78 is 15.0. The van der Waals surface area contributed by atoms with Gasteiger partial charge in [-0.05, 0) is 42.0 Å². The Balaban J connectivity index is 2.19. The third kappa shape index (κ3) is 2.00. The lowest BCUT2D eigenvalue weighted by Crippen LogP contribution is -1.97. The molecule has 0 saturated carbocycles. The van der Waals surface area contributed by atoms with Crippen molar-refractivity contribution in [1.82, 2.24) is 9.55 Å². The third-order valence-electron chi connectivity index (χ3n) is 3.28. The number of halogens is 1. The number of nitrogens with zero attached hydrogens (tertiary/aromatic N) is 2. The molecule has 0 amide bonds. The molecule has 0 aliphatic rings. The van der Waals surface area contributed by atoms with E-state index in [1.54, 1.807) is 12.1 Å². The van der Waals surface area contributed by atoms with E-state index in [1.165, 1.54) is 12.1 Å². The standard InChI is InChI=1S/C15H14FN3/c1-19-14-8-10(9-17)2-7-13(14)18-15(19)11-3-5-12(16)6-4-11/h2-8H,9,17H2,1H3. The number of hydrogen-bond donors (Lipinski definition) is 1. The van der Waals surface area contributed by atoms with E-state index in [1.807, 2.05) is 29.8 Å². The van der Waals surface area contributed by atoms with Gasteiger partial charge in [0.15, 0.2) is 0 Å². The molecule has 19 heavy (non-hydrogen) atoms. The number of rotatable bonds is 2. The average Bonchev–Trinajstić information content (AvgIpc) is 2.76. The summed E-state index contributed by atoms with van der Waals surface area (Å²) in [5.74, 6) is 0.581. The summed E-state index contributed by atoms with van der Waals surface area (Å²) in [4.78, 5) is 4.59. The minimum absolute atomic E-state index is 0.243. The summed E-state index contributed by atoms with van der Waals surface area (Å²) in [5, 5.41) is 0. The van der Waals surface area contributed by atoms with E-state index < -0.39 is 0 Å². The van der Waals surface area contributed by atoms with Crippen LogP contribution in [-0.2, 0) is 13.6 Å². The van der Waals surface area contributed by atoms with Gasteiger partial charge in [-0.25, -0.2) is 9.37 Å². The summed E-state index contributed by atoms with van der Waals surface area (Å²) in [6.07, 6.45) is 0. The van der Waals surface area contributed by atoms with E-state index in [4.69, 9.17) is 5.73 Å². The smallest absolute Gasteiger partial charge is 0.140 e. The van der Waals surface area contributed by atoms with Crippen LogP contribution in [0.3, 0.4) is 0 Å². The number of aryl methyl sites for hydroxylation is 1. The maximum atomic E-state index is 13.0. The van der Waals surface area contributed by atoms with Crippen molar-refractivity contribution in [2.24, 2.45) is 12.8 Å². The van der Waals surface area contributed by atoms with E-state index in [2.05, 4.69) is 4.98 Å². The topological polar surface area (TPSA) is 43.8 Å². The number of fused-ring (bicyclic) bond motifs is 1. The zero-order chi connectivity index (χ0) is 13.4. The van der Waals surface area contributed by atoms with E-state index in [0.717, 1.165) is 28.0 Å². The normalized spacial score (nSPS) is 11.1. The number of imidazole rings is 1. The van der Waals surface area contributed by atoms with Gasteiger partial charge in [-0.2, -0.15) is 0 Å². The van der Waals surface area contributed by atoms with Crippen LogP contribution >= 0.6 is 0 Å². The van der Waals surface area contributed by atoms with Crippen LogP contribution in [0.5, 0.6) is 0 Å². The van der Waals surface area contributed by atoms with Crippen molar-refractivity contribution in [2.75, 3.05) is 0 Å². The second-order valence-corrected chi connectivity index (χ2v) is 4.53. The molecule has 4 heteroatoms. The van der Waals surface area contributed by atoms with Crippen LogP contribution in [0.1, 0.15) is 5.56 Å². The first-order valence-corrected chi connectivity index (χ1v) is 6.10. The molecule has 0 radical (unpaired) electrons. The minimum atomic E-state index is -0.243. The first-order valence-electron chi connectivity index (χ1n) is 6.10. The van der Waals surface area contributed by atoms with Crippen LogP contribution in [-0.4, -0.2) is 9.55 Å². The Hall–Kier alpha value is -2.20. The molecule has 0 aliphatic carbocycles.